The number of anilines is 3. The van der Waals surface area contributed by atoms with Crippen molar-refractivity contribution >= 4 is 34.4 Å². The molecule has 3 N–H and O–H groups in total. The minimum atomic E-state index is -0.0626. The minimum Gasteiger partial charge on any atom is -0.368 e. The Balaban J connectivity index is 1.41. The van der Waals surface area contributed by atoms with E-state index in [-0.39, 0.29) is 11.9 Å². The summed E-state index contributed by atoms with van der Waals surface area (Å²) >= 11 is 0. The van der Waals surface area contributed by atoms with Crippen molar-refractivity contribution in [2.75, 3.05) is 42.9 Å². The molecule has 9 nitrogen and oxygen atoms in total. The zero-order valence-electron chi connectivity index (χ0n) is 16.4. The molecule has 5 heterocycles. The van der Waals surface area contributed by atoms with Crippen LogP contribution in [0, 0.1) is 0 Å². The third-order valence-corrected chi connectivity index (χ3v) is 5.61. The summed E-state index contributed by atoms with van der Waals surface area (Å²) < 4.78 is 2.03. The number of hydrogen-bond acceptors (Lipinski definition) is 7. The normalized spacial score (nSPS) is 19.1. The summed E-state index contributed by atoms with van der Waals surface area (Å²) in [5.41, 5.74) is 2.53. The van der Waals surface area contributed by atoms with E-state index in [0.29, 0.717) is 24.0 Å². The molecule has 0 radical (unpaired) electrons. The van der Waals surface area contributed by atoms with Crippen LogP contribution in [0.3, 0.4) is 0 Å². The maximum Gasteiger partial charge on any atom is 0.268 e. The van der Waals surface area contributed by atoms with E-state index in [4.69, 9.17) is 4.98 Å². The highest BCUT2D eigenvalue weighted by Gasteiger charge is 2.27. The van der Waals surface area contributed by atoms with Crippen molar-refractivity contribution in [1.29, 1.82) is 0 Å². The number of carbonyl (C=O) groups is 1. The maximum absolute atomic E-state index is 12.2. The smallest absolute Gasteiger partial charge is 0.268 e. The molecule has 9 heteroatoms. The molecule has 0 aromatic carbocycles. The monoisotopic (exact) mass is 392 g/mol. The number of fused-ring (bicyclic) bond motifs is 3. The molecule has 3 aromatic heterocycles. The van der Waals surface area contributed by atoms with Crippen LogP contribution in [0.4, 0.5) is 17.5 Å². The van der Waals surface area contributed by atoms with Crippen LogP contribution in [0.15, 0.2) is 30.6 Å². The van der Waals surface area contributed by atoms with Crippen LogP contribution in [0.5, 0.6) is 0 Å². The van der Waals surface area contributed by atoms with Gasteiger partial charge >= 0.3 is 0 Å². The Morgan fingerprint density at radius 2 is 2.07 bits per heavy atom. The number of carbonyl (C=O) groups excluding carboxylic acids is 1. The summed E-state index contributed by atoms with van der Waals surface area (Å²) in [7, 11) is 0. The van der Waals surface area contributed by atoms with Gasteiger partial charge in [0, 0.05) is 44.3 Å². The number of rotatable bonds is 4. The Kier molecular flexibility index (Phi) is 4.51. The fourth-order valence-corrected chi connectivity index (χ4v) is 4.02. The topological polar surface area (TPSA) is 100 Å². The largest absolute Gasteiger partial charge is 0.368 e. The minimum absolute atomic E-state index is 0.0626. The average molecular weight is 392 g/mol. The van der Waals surface area contributed by atoms with Gasteiger partial charge in [0.15, 0.2) is 0 Å². The molecular weight excluding hydrogens is 368 g/mol. The number of pyridine rings is 1. The number of piperazine rings is 1. The van der Waals surface area contributed by atoms with Gasteiger partial charge in [-0.1, -0.05) is 6.92 Å². The first-order valence-electron chi connectivity index (χ1n) is 10.1. The molecule has 1 saturated heterocycles. The fourth-order valence-electron chi connectivity index (χ4n) is 4.02. The molecule has 2 aliphatic rings. The van der Waals surface area contributed by atoms with Gasteiger partial charge in [-0.05, 0) is 24.6 Å². The van der Waals surface area contributed by atoms with Gasteiger partial charge in [0.1, 0.15) is 17.2 Å². The zero-order valence-corrected chi connectivity index (χ0v) is 16.4. The van der Waals surface area contributed by atoms with E-state index >= 15 is 0 Å². The van der Waals surface area contributed by atoms with Gasteiger partial charge in [-0.15, -0.1) is 0 Å². The predicted octanol–water partition coefficient (Wildman–Crippen LogP) is 1.67. The number of nitrogens with zero attached hydrogens (tertiary/aromatic N) is 5. The van der Waals surface area contributed by atoms with Crippen LogP contribution in [0.2, 0.25) is 0 Å². The van der Waals surface area contributed by atoms with E-state index in [9.17, 15) is 4.79 Å². The Hall–Kier alpha value is -3.20. The van der Waals surface area contributed by atoms with E-state index in [1.807, 2.05) is 22.9 Å². The van der Waals surface area contributed by atoms with Crippen molar-refractivity contribution in [2.24, 2.45) is 0 Å². The Bertz CT molecular complexity index is 1040. The van der Waals surface area contributed by atoms with Crippen molar-refractivity contribution in [3.8, 4) is 0 Å². The van der Waals surface area contributed by atoms with Crippen LogP contribution in [0.25, 0.3) is 11.0 Å². The molecule has 5 rings (SSSR count). The summed E-state index contributed by atoms with van der Waals surface area (Å²) in [4.78, 5) is 28.2. The van der Waals surface area contributed by atoms with E-state index in [2.05, 4.69) is 43.8 Å². The molecule has 0 saturated carbocycles. The Morgan fingerprint density at radius 1 is 1.21 bits per heavy atom. The molecule has 3 aromatic rings. The molecule has 0 aliphatic carbocycles. The van der Waals surface area contributed by atoms with Gasteiger partial charge in [0.25, 0.3) is 5.91 Å². The first-order chi connectivity index (χ1) is 14.2. The highest BCUT2D eigenvalue weighted by Crippen LogP contribution is 2.28. The molecule has 2 aliphatic heterocycles. The Labute approximate surface area is 168 Å². The lowest BCUT2D eigenvalue weighted by atomic mass is 10.1. The number of amides is 1. The van der Waals surface area contributed by atoms with Crippen molar-refractivity contribution in [3.63, 3.8) is 0 Å². The predicted molar refractivity (Wildman–Crippen MR) is 112 cm³/mol. The van der Waals surface area contributed by atoms with Gasteiger partial charge in [-0.2, -0.15) is 4.98 Å². The molecule has 0 unspecified atom stereocenters. The van der Waals surface area contributed by atoms with Gasteiger partial charge in [-0.3, -0.25) is 4.79 Å². The summed E-state index contributed by atoms with van der Waals surface area (Å²) in [5, 5.41) is 10.4. The third-order valence-electron chi connectivity index (χ3n) is 5.61. The van der Waals surface area contributed by atoms with Gasteiger partial charge in [-0.25, -0.2) is 9.97 Å². The van der Waals surface area contributed by atoms with Gasteiger partial charge in [0.05, 0.1) is 17.9 Å². The molecule has 1 fully saturated rings. The van der Waals surface area contributed by atoms with Crippen molar-refractivity contribution < 1.29 is 4.79 Å². The van der Waals surface area contributed by atoms with Crippen LogP contribution in [-0.4, -0.2) is 58.1 Å². The van der Waals surface area contributed by atoms with E-state index in [1.54, 1.807) is 6.20 Å². The second-order valence-electron chi connectivity index (χ2n) is 7.41. The molecular formula is C20H24N8O. The second-order valence-corrected chi connectivity index (χ2v) is 7.41. The fraction of sp³-hybridized carbons (Fsp3) is 0.400. The average Bonchev–Trinajstić information content (AvgIpc) is 3.15. The first kappa shape index (κ1) is 17.9. The number of nitrogens with one attached hydrogen (secondary N) is 3. The second kappa shape index (κ2) is 7.32. The van der Waals surface area contributed by atoms with E-state index < -0.39 is 0 Å². The molecule has 29 heavy (non-hydrogen) atoms. The number of hydrogen-bond donors (Lipinski definition) is 3. The van der Waals surface area contributed by atoms with Crippen molar-refractivity contribution in [1.82, 2.24) is 30.2 Å². The van der Waals surface area contributed by atoms with Crippen LogP contribution < -0.4 is 20.9 Å². The zero-order chi connectivity index (χ0) is 19.8. The molecule has 0 spiro atoms. The summed E-state index contributed by atoms with van der Waals surface area (Å²) in [6.45, 7) is 6.69. The quantitative estimate of drug-likeness (QED) is 0.621. The molecule has 0 bridgehead atoms. The summed E-state index contributed by atoms with van der Waals surface area (Å²) in [6, 6.07) is 6.06. The summed E-state index contributed by atoms with van der Waals surface area (Å²) in [6.07, 6.45) is 4.55. The van der Waals surface area contributed by atoms with Gasteiger partial charge < -0.3 is 25.4 Å². The lowest BCUT2D eigenvalue weighted by Gasteiger charge is -2.29. The first-order valence-corrected chi connectivity index (χ1v) is 10.1. The standard InChI is InChI=1S/C20H24N8O/c1-2-14-11-23-19(29)16-9-13-10-24-20(26-18(13)28(14)16)25-17-4-3-15(12-22-17)27-7-5-21-6-8-27/h3-4,9-10,12,14,21H,2,5-8,11H2,1H3,(H,23,29)(H,22,24,25,26)/t14-/m0/s1. The molecule has 150 valence electrons. The van der Waals surface area contributed by atoms with Crippen molar-refractivity contribution in [3.05, 3.63) is 36.3 Å². The SMILES string of the molecule is CC[C@H]1CNC(=O)c2cc3cnc(Nc4ccc(N5CCNCC5)cn4)nc3n21. The maximum atomic E-state index is 12.2. The third kappa shape index (κ3) is 3.27. The van der Waals surface area contributed by atoms with E-state index in [0.717, 1.165) is 49.3 Å². The van der Waals surface area contributed by atoms with Crippen LogP contribution >= 0.6 is 0 Å². The van der Waals surface area contributed by atoms with Crippen molar-refractivity contribution in [2.45, 2.75) is 19.4 Å². The molecule has 1 amide bonds. The highest BCUT2D eigenvalue weighted by molar-refractivity contribution is 5.98. The highest BCUT2D eigenvalue weighted by atomic mass is 16.2. The summed E-state index contributed by atoms with van der Waals surface area (Å²) in [5.74, 6) is 1.10. The number of aromatic nitrogens is 4. The van der Waals surface area contributed by atoms with Gasteiger partial charge in [0.2, 0.25) is 5.95 Å². The molecule has 1 atom stereocenters. The van der Waals surface area contributed by atoms with E-state index in [1.165, 1.54) is 0 Å². The lowest BCUT2D eigenvalue weighted by Crippen LogP contribution is -2.43. The Morgan fingerprint density at radius 3 is 2.83 bits per heavy atom. The van der Waals surface area contributed by atoms with Crippen LogP contribution in [0.1, 0.15) is 29.9 Å². The van der Waals surface area contributed by atoms with Crippen LogP contribution in [-0.2, 0) is 0 Å². The lowest BCUT2D eigenvalue weighted by molar-refractivity contribution is 0.0915.